The molecule has 0 bridgehead atoms. The Morgan fingerprint density at radius 3 is 2.84 bits per heavy atom. The average Bonchev–Trinajstić information content (AvgIpc) is 2.57. The first-order chi connectivity index (χ1) is 12.0. The van der Waals surface area contributed by atoms with E-state index in [2.05, 4.69) is 15.3 Å². The molecule has 1 amide bonds. The lowest BCUT2D eigenvalue weighted by molar-refractivity contribution is -0.116. The topological polar surface area (TPSA) is 74.8 Å². The van der Waals surface area contributed by atoms with E-state index in [1.807, 2.05) is 6.07 Å². The SMILES string of the molecule is O=C(CCCc1nc2ccccc2c(=O)[nH]1)Nc1ccc(Cl)cc1F. The maximum Gasteiger partial charge on any atom is 0.258 e. The van der Waals surface area contributed by atoms with Crippen LogP contribution in [0.2, 0.25) is 5.02 Å². The molecule has 0 fully saturated rings. The van der Waals surface area contributed by atoms with Gasteiger partial charge in [0.05, 0.1) is 16.6 Å². The number of aromatic amines is 1. The van der Waals surface area contributed by atoms with Crippen LogP contribution in [-0.4, -0.2) is 15.9 Å². The van der Waals surface area contributed by atoms with Crippen LogP contribution in [0.5, 0.6) is 0 Å². The van der Waals surface area contributed by atoms with Gasteiger partial charge in [-0.05, 0) is 36.8 Å². The number of aryl methyl sites for hydroxylation is 1. The number of H-pyrrole nitrogens is 1. The molecule has 0 aliphatic heterocycles. The van der Waals surface area contributed by atoms with Crippen molar-refractivity contribution in [1.82, 2.24) is 9.97 Å². The number of carbonyl (C=O) groups is 1. The Kier molecular flexibility index (Phi) is 5.09. The van der Waals surface area contributed by atoms with E-state index in [0.29, 0.717) is 29.6 Å². The summed E-state index contributed by atoms with van der Waals surface area (Å²) in [4.78, 5) is 31.0. The molecule has 0 aliphatic carbocycles. The number of hydrogen-bond acceptors (Lipinski definition) is 3. The van der Waals surface area contributed by atoms with E-state index in [4.69, 9.17) is 11.6 Å². The minimum atomic E-state index is -0.582. The third-order valence-electron chi connectivity index (χ3n) is 3.68. The van der Waals surface area contributed by atoms with Crippen LogP contribution in [0, 0.1) is 5.82 Å². The minimum absolute atomic E-state index is 0.0895. The summed E-state index contributed by atoms with van der Waals surface area (Å²) in [5.41, 5.74) is 0.508. The number of rotatable bonds is 5. The molecule has 0 spiro atoms. The van der Waals surface area contributed by atoms with Crippen LogP contribution in [0.3, 0.4) is 0 Å². The van der Waals surface area contributed by atoms with Crippen molar-refractivity contribution >= 4 is 34.1 Å². The summed E-state index contributed by atoms with van der Waals surface area (Å²) in [6.07, 6.45) is 1.09. The molecule has 1 heterocycles. The smallest absolute Gasteiger partial charge is 0.258 e. The zero-order valence-corrected chi connectivity index (χ0v) is 13.9. The quantitative estimate of drug-likeness (QED) is 0.729. The van der Waals surface area contributed by atoms with Gasteiger partial charge in [-0.2, -0.15) is 0 Å². The molecule has 0 unspecified atom stereocenters. The van der Waals surface area contributed by atoms with Gasteiger partial charge < -0.3 is 10.3 Å². The van der Waals surface area contributed by atoms with E-state index >= 15 is 0 Å². The second-order valence-electron chi connectivity index (χ2n) is 5.56. The third kappa shape index (κ3) is 4.22. The Morgan fingerprint density at radius 2 is 2.04 bits per heavy atom. The summed E-state index contributed by atoms with van der Waals surface area (Å²) in [6, 6.07) is 11.1. The summed E-state index contributed by atoms with van der Waals surface area (Å²) in [5, 5.41) is 3.30. The van der Waals surface area contributed by atoms with Gasteiger partial charge in [0.15, 0.2) is 0 Å². The first-order valence-corrected chi connectivity index (χ1v) is 8.13. The first kappa shape index (κ1) is 17.1. The fraction of sp³-hybridized carbons (Fsp3) is 0.167. The number of benzene rings is 2. The molecule has 0 radical (unpaired) electrons. The number of para-hydroxylation sites is 1. The van der Waals surface area contributed by atoms with Gasteiger partial charge in [0.2, 0.25) is 5.91 Å². The zero-order valence-electron chi connectivity index (χ0n) is 13.2. The molecule has 5 nitrogen and oxygen atoms in total. The van der Waals surface area contributed by atoms with Crippen molar-refractivity contribution in [3.63, 3.8) is 0 Å². The molecule has 2 aromatic carbocycles. The highest BCUT2D eigenvalue weighted by Gasteiger charge is 2.09. The molecule has 128 valence electrons. The van der Waals surface area contributed by atoms with Crippen molar-refractivity contribution in [3.05, 3.63) is 69.5 Å². The monoisotopic (exact) mass is 359 g/mol. The van der Waals surface area contributed by atoms with E-state index in [1.165, 1.54) is 12.1 Å². The molecule has 0 aliphatic rings. The molecule has 0 atom stereocenters. The molecule has 7 heteroatoms. The number of hydrogen-bond donors (Lipinski definition) is 2. The van der Waals surface area contributed by atoms with Gasteiger partial charge in [-0.25, -0.2) is 9.37 Å². The second-order valence-corrected chi connectivity index (χ2v) is 5.99. The predicted octanol–water partition coefficient (Wildman–Crippen LogP) is 3.68. The molecular weight excluding hydrogens is 345 g/mol. The van der Waals surface area contributed by atoms with Crippen LogP contribution in [0.25, 0.3) is 10.9 Å². The van der Waals surface area contributed by atoms with E-state index in [-0.39, 0.29) is 28.6 Å². The Bertz CT molecular complexity index is 987. The van der Waals surface area contributed by atoms with Crippen LogP contribution in [0.15, 0.2) is 47.3 Å². The zero-order chi connectivity index (χ0) is 17.8. The minimum Gasteiger partial charge on any atom is -0.324 e. The van der Waals surface area contributed by atoms with Crippen LogP contribution in [0.1, 0.15) is 18.7 Å². The van der Waals surface area contributed by atoms with Gasteiger partial charge in [-0.3, -0.25) is 9.59 Å². The molecule has 1 aromatic heterocycles. The van der Waals surface area contributed by atoms with Gasteiger partial charge >= 0.3 is 0 Å². The van der Waals surface area contributed by atoms with Gasteiger partial charge in [0.1, 0.15) is 11.6 Å². The lowest BCUT2D eigenvalue weighted by atomic mass is 10.2. The average molecular weight is 360 g/mol. The van der Waals surface area contributed by atoms with Crippen molar-refractivity contribution in [2.75, 3.05) is 5.32 Å². The highest BCUT2D eigenvalue weighted by atomic mass is 35.5. The fourth-order valence-electron chi connectivity index (χ4n) is 2.47. The molecule has 0 saturated heterocycles. The van der Waals surface area contributed by atoms with Gasteiger partial charge in [0, 0.05) is 17.9 Å². The fourth-order valence-corrected chi connectivity index (χ4v) is 2.63. The van der Waals surface area contributed by atoms with Crippen molar-refractivity contribution in [2.45, 2.75) is 19.3 Å². The van der Waals surface area contributed by atoms with Gasteiger partial charge in [-0.15, -0.1) is 0 Å². The van der Waals surface area contributed by atoms with Crippen molar-refractivity contribution < 1.29 is 9.18 Å². The molecule has 2 N–H and O–H groups in total. The van der Waals surface area contributed by atoms with Crippen molar-refractivity contribution in [1.29, 1.82) is 0 Å². The number of anilines is 1. The second kappa shape index (κ2) is 7.44. The van der Waals surface area contributed by atoms with E-state index < -0.39 is 5.82 Å². The lowest BCUT2D eigenvalue weighted by Crippen LogP contribution is -2.14. The highest BCUT2D eigenvalue weighted by molar-refractivity contribution is 6.30. The Balaban J connectivity index is 1.59. The number of nitrogens with one attached hydrogen (secondary N) is 2. The lowest BCUT2D eigenvalue weighted by Gasteiger charge is -2.07. The van der Waals surface area contributed by atoms with Gasteiger partial charge in [0.25, 0.3) is 5.56 Å². The number of amides is 1. The maximum atomic E-state index is 13.6. The van der Waals surface area contributed by atoms with Crippen LogP contribution in [-0.2, 0) is 11.2 Å². The third-order valence-corrected chi connectivity index (χ3v) is 3.92. The highest BCUT2D eigenvalue weighted by Crippen LogP contribution is 2.19. The Morgan fingerprint density at radius 1 is 1.24 bits per heavy atom. The predicted molar refractivity (Wildman–Crippen MR) is 95.3 cm³/mol. The normalized spacial score (nSPS) is 10.8. The summed E-state index contributed by atoms with van der Waals surface area (Å²) in [5.74, 6) is -0.375. The number of carbonyl (C=O) groups excluding carboxylic acids is 1. The molecule has 0 saturated carbocycles. The maximum absolute atomic E-state index is 13.6. The first-order valence-electron chi connectivity index (χ1n) is 7.76. The summed E-state index contributed by atoms with van der Waals surface area (Å²) in [7, 11) is 0. The molecule has 3 aromatic rings. The van der Waals surface area contributed by atoms with E-state index in [1.54, 1.807) is 18.2 Å². The Labute approximate surface area is 147 Å². The van der Waals surface area contributed by atoms with Crippen LogP contribution in [0.4, 0.5) is 10.1 Å². The molecular formula is C18H15ClFN3O2. The molecule has 3 rings (SSSR count). The number of nitrogens with zero attached hydrogens (tertiary/aromatic N) is 1. The standard InChI is InChI=1S/C18H15ClFN3O2/c19-11-8-9-15(13(20)10-11)22-17(24)7-3-6-16-21-14-5-2-1-4-12(14)18(25)23-16/h1-2,4-5,8-10H,3,6-7H2,(H,22,24)(H,21,23,25). The number of aromatic nitrogens is 2. The summed E-state index contributed by atoms with van der Waals surface area (Å²) >= 11 is 5.67. The van der Waals surface area contributed by atoms with E-state index in [9.17, 15) is 14.0 Å². The van der Waals surface area contributed by atoms with Crippen molar-refractivity contribution in [3.8, 4) is 0 Å². The van der Waals surface area contributed by atoms with E-state index in [0.717, 1.165) is 6.07 Å². The van der Waals surface area contributed by atoms with Crippen LogP contribution >= 0.6 is 11.6 Å². The summed E-state index contributed by atoms with van der Waals surface area (Å²) in [6.45, 7) is 0. The van der Waals surface area contributed by atoms with Crippen LogP contribution < -0.4 is 10.9 Å². The number of fused-ring (bicyclic) bond motifs is 1. The van der Waals surface area contributed by atoms with Gasteiger partial charge in [-0.1, -0.05) is 23.7 Å². The Hall–Kier alpha value is -2.73. The largest absolute Gasteiger partial charge is 0.324 e. The summed E-state index contributed by atoms with van der Waals surface area (Å²) < 4.78 is 13.6. The van der Waals surface area contributed by atoms with Crippen molar-refractivity contribution in [2.24, 2.45) is 0 Å². The molecule has 25 heavy (non-hydrogen) atoms. The number of halogens is 2.